The van der Waals surface area contributed by atoms with Crippen molar-refractivity contribution in [3.8, 4) is 0 Å². The fourth-order valence-corrected chi connectivity index (χ4v) is 3.09. The quantitative estimate of drug-likeness (QED) is 0.807. The normalized spacial score (nSPS) is 15.3. The Kier molecular flexibility index (Phi) is 7.25. The summed E-state index contributed by atoms with van der Waals surface area (Å²) in [4.78, 5) is 25.7. The van der Waals surface area contributed by atoms with Crippen LogP contribution in [0.15, 0.2) is 24.3 Å². The third kappa shape index (κ3) is 6.71. The molecule has 0 spiro atoms. The molecule has 2 amide bonds. The Morgan fingerprint density at radius 1 is 1.04 bits per heavy atom. The van der Waals surface area contributed by atoms with Gasteiger partial charge >= 0.3 is 0 Å². The van der Waals surface area contributed by atoms with Crippen LogP contribution >= 0.6 is 0 Å². The first-order chi connectivity index (χ1) is 11.5. The Morgan fingerprint density at radius 3 is 2.33 bits per heavy atom. The molecule has 1 aliphatic rings. The minimum Gasteiger partial charge on any atom is -0.355 e. The summed E-state index contributed by atoms with van der Waals surface area (Å²) in [6.07, 6.45) is 6.31. The Hall–Kier alpha value is -1.88. The maximum Gasteiger partial charge on any atom is 0.238 e. The molecule has 0 aliphatic heterocycles. The van der Waals surface area contributed by atoms with Crippen LogP contribution in [-0.2, 0) is 9.59 Å². The van der Waals surface area contributed by atoms with Gasteiger partial charge in [0.1, 0.15) is 0 Å². The third-order valence-electron chi connectivity index (χ3n) is 4.48. The molecule has 1 saturated carbocycles. The molecule has 0 heterocycles. The molecule has 1 aromatic rings. The third-order valence-corrected chi connectivity index (χ3v) is 4.48. The molecule has 0 radical (unpaired) electrons. The Morgan fingerprint density at radius 2 is 1.67 bits per heavy atom. The summed E-state index contributed by atoms with van der Waals surface area (Å²) in [5.41, 5.74) is 1.93. The molecule has 0 unspecified atom stereocenters. The zero-order chi connectivity index (χ0) is 17.4. The van der Waals surface area contributed by atoms with Crippen LogP contribution in [0.3, 0.4) is 0 Å². The molecule has 1 fully saturated rings. The first-order valence-electron chi connectivity index (χ1n) is 8.84. The van der Waals surface area contributed by atoms with E-state index < -0.39 is 0 Å². The molecule has 132 valence electrons. The van der Waals surface area contributed by atoms with Crippen molar-refractivity contribution in [2.24, 2.45) is 5.92 Å². The number of aryl methyl sites for hydroxylation is 1. The molecule has 2 N–H and O–H groups in total. The highest BCUT2D eigenvalue weighted by Crippen LogP contribution is 2.22. The van der Waals surface area contributed by atoms with Gasteiger partial charge in [-0.15, -0.1) is 0 Å². The molecule has 1 aromatic carbocycles. The van der Waals surface area contributed by atoms with E-state index in [4.69, 9.17) is 0 Å². The molecule has 24 heavy (non-hydrogen) atoms. The summed E-state index contributed by atoms with van der Waals surface area (Å²) in [7, 11) is 1.79. The van der Waals surface area contributed by atoms with Gasteiger partial charge in [-0.05, 0) is 44.9 Å². The van der Waals surface area contributed by atoms with Gasteiger partial charge in [-0.3, -0.25) is 14.5 Å². The highest BCUT2D eigenvalue weighted by Gasteiger charge is 2.15. The van der Waals surface area contributed by atoms with E-state index in [9.17, 15) is 9.59 Å². The Labute approximate surface area is 144 Å². The van der Waals surface area contributed by atoms with Crippen LogP contribution in [0.2, 0.25) is 0 Å². The average Bonchev–Trinajstić information content (AvgIpc) is 2.56. The summed E-state index contributed by atoms with van der Waals surface area (Å²) in [6, 6.07) is 7.67. The number of amides is 2. The number of carbonyl (C=O) groups excluding carboxylic acids is 2. The number of rotatable bonds is 7. The highest BCUT2D eigenvalue weighted by atomic mass is 16.2. The van der Waals surface area contributed by atoms with Gasteiger partial charge in [0.2, 0.25) is 11.8 Å². The van der Waals surface area contributed by atoms with E-state index in [0.717, 1.165) is 17.8 Å². The lowest BCUT2D eigenvalue weighted by Crippen LogP contribution is -2.40. The molecule has 0 aromatic heterocycles. The van der Waals surface area contributed by atoms with Gasteiger partial charge in [-0.2, -0.15) is 0 Å². The molecular formula is C19H29N3O2. The van der Waals surface area contributed by atoms with E-state index in [2.05, 4.69) is 10.6 Å². The van der Waals surface area contributed by atoms with Crippen molar-refractivity contribution in [1.29, 1.82) is 0 Å². The lowest BCUT2D eigenvalue weighted by Gasteiger charge is -2.22. The van der Waals surface area contributed by atoms with Crippen molar-refractivity contribution >= 4 is 17.5 Å². The van der Waals surface area contributed by atoms with Crippen LogP contribution in [0.25, 0.3) is 0 Å². The minimum absolute atomic E-state index is 0.00814. The molecule has 0 atom stereocenters. The second-order valence-electron chi connectivity index (χ2n) is 6.89. The molecule has 5 nitrogen and oxygen atoms in total. The number of likely N-dealkylation sites (N-methyl/N-ethyl adjacent to an activating group) is 1. The van der Waals surface area contributed by atoms with Gasteiger partial charge < -0.3 is 10.6 Å². The summed E-state index contributed by atoms with van der Waals surface area (Å²) >= 11 is 0. The largest absolute Gasteiger partial charge is 0.355 e. The van der Waals surface area contributed by atoms with Crippen molar-refractivity contribution < 1.29 is 9.59 Å². The summed E-state index contributed by atoms with van der Waals surface area (Å²) in [6.45, 7) is 3.21. The highest BCUT2D eigenvalue weighted by molar-refractivity contribution is 5.92. The first kappa shape index (κ1) is 18.5. The number of hydrogen-bond acceptors (Lipinski definition) is 3. The van der Waals surface area contributed by atoms with E-state index in [1.54, 1.807) is 11.9 Å². The second-order valence-corrected chi connectivity index (χ2v) is 6.89. The summed E-state index contributed by atoms with van der Waals surface area (Å²) < 4.78 is 0. The minimum atomic E-state index is -0.110. The monoisotopic (exact) mass is 331 g/mol. The predicted molar refractivity (Wildman–Crippen MR) is 96.9 cm³/mol. The average molecular weight is 331 g/mol. The number of nitrogens with one attached hydrogen (secondary N) is 2. The van der Waals surface area contributed by atoms with Gasteiger partial charge in [0, 0.05) is 12.2 Å². The smallest absolute Gasteiger partial charge is 0.238 e. The predicted octanol–water partition coefficient (Wildman–Crippen LogP) is 2.56. The van der Waals surface area contributed by atoms with E-state index in [1.165, 1.54) is 32.1 Å². The van der Waals surface area contributed by atoms with Crippen LogP contribution in [0.4, 0.5) is 5.69 Å². The van der Waals surface area contributed by atoms with Crippen LogP contribution in [0, 0.1) is 12.8 Å². The van der Waals surface area contributed by atoms with Crippen molar-refractivity contribution in [3.05, 3.63) is 29.8 Å². The fourth-order valence-electron chi connectivity index (χ4n) is 3.09. The van der Waals surface area contributed by atoms with Crippen LogP contribution in [0.5, 0.6) is 0 Å². The van der Waals surface area contributed by atoms with Gasteiger partial charge in [-0.25, -0.2) is 0 Å². The van der Waals surface area contributed by atoms with Crippen molar-refractivity contribution in [3.63, 3.8) is 0 Å². The van der Waals surface area contributed by atoms with E-state index in [0.29, 0.717) is 5.92 Å². The van der Waals surface area contributed by atoms with Gasteiger partial charge in [0.25, 0.3) is 0 Å². The maximum absolute atomic E-state index is 12.0. The molecule has 0 saturated heterocycles. The molecule has 5 heteroatoms. The Balaban J connectivity index is 1.65. The number of anilines is 1. The van der Waals surface area contributed by atoms with E-state index in [1.807, 2.05) is 31.2 Å². The van der Waals surface area contributed by atoms with E-state index in [-0.39, 0.29) is 24.9 Å². The van der Waals surface area contributed by atoms with Gasteiger partial charge in [0.05, 0.1) is 13.1 Å². The van der Waals surface area contributed by atoms with Crippen LogP contribution < -0.4 is 10.6 Å². The number of hydrogen-bond donors (Lipinski definition) is 2. The Bertz CT molecular complexity index is 536. The maximum atomic E-state index is 12.0. The zero-order valence-corrected chi connectivity index (χ0v) is 14.8. The zero-order valence-electron chi connectivity index (χ0n) is 14.8. The molecule has 0 bridgehead atoms. The fraction of sp³-hybridized carbons (Fsp3) is 0.579. The van der Waals surface area contributed by atoms with Crippen molar-refractivity contribution in [1.82, 2.24) is 10.2 Å². The van der Waals surface area contributed by atoms with Crippen molar-refractivity contribution in [2.45, 2.75) is 39.0 Å². The van der Waals surface area contributed by atoms with Crippen LogP contribution in [0.1, 0.15) is 37.7 Å². The lowest BCUT2D eigenvalue weighted by molar-refractivity contribution is -0.123. The number of nitrogens with zero attached hydrogens (tertiary/aromatic N) is 1. The number of carbonyl (C=O) groups is 2. The lowest BCUT2D eigenvalue weighted by atomic mass is 9.89. The molecule has 2 rings (SSSR count). The van der Waals surface area contributed by atoms with Crippen molar-refractivity contribution in [2.75, 3.05) is 32.0 Å². The number of benzene rings is 1. The second kappa shape index (κ2) is 9.42. The SMILES string of the molecule is Cc1ccc(NC(=O)CN(C)CC(=O)NCC2CCCCC2)cc1. The first-order valence-corrected chi connectivity index (χ1v) is 8.84. The topological polar surface area (TPSA) is 61.4 Å². The van der Waals surface area contributed by atoms with Gasteiger partial charge in [-0.1, -0.05) is 37.0 Å². The molecule has 1 aliphatic carbocycles. The van der Waals surface area contributed by atoms with E-state index >= 15 is 0 Å². The summed E-state index contributed by atoms with van der Waals surface area (Å²) in [5, 5.41) is 5.84. The summed E-state index contributed by atoms with van der Waals surface area (Å²) in [5.74, 6) is 0.505. The van der Waals surface area contributed by atoms with Gasteiger partial charge in [0.15, 0.2) is 0 Å². The standard InChI is InChI=1S/C19H29N3O2/c1-15-8-10-17(11-9-15)21-19(24)14-22(2)13-18(23)20-12-16-6-4-3-5-7-16/h8-11,16H,3-7,12-14H2,1-2H3,(H,20,23)(H,21,24). The molecular weight excluding hydrogens is 302 g/mol. The van der Waals surface area contributed by atoms with Crippen LogP contribution in [-0.4, -0.2) is 43.4 Å².